The lowest BCUT2D eigenvalue weighted by atomic mass is 9.91. The fourth-order valence-electron chi connectivity index (χ4n) is 4.12. The molecule has 1 aliphatic carbocycles. The van der Waals surface area contributed by atoms with E-state index in [1.54, 1.807) is 13.1 Å². The molecule has 2 aromatic carbocycles. The summed E-state index contributed by atoms with van der Waals surface area (Å²) in [5, 5.41) is 13.9. The molecular weight excluding hydrogens is 426 g/mol. The van der Waals surface area contributed by atoms with Gasteiger partial charge < -0.3 is 10.1 Å². The highest BCUT2D eigenvalue weighted by Gasteiger charge is 2.26. The standard InChI is InChI=1S/C27H27N5O2/c1-2-6-25(33)31-20-11-13-21(14-12-20)32-27-24(17-29-18-30-27)26(28)19-9-15-23(16-10-19)34-22-7-4-3-5-8-22/h3-5,7-10,15-18,20-21,28H,11-14H2,1H3,(H,31,33)(H,29,30,32)/p+1. The van der Waals surface area contributed by atoms with E-state index >= 15 is 0 Å². The summed E-state index contributed by atoms with van der Waals surface area (Å²) in [6, 6.07) is 17.6. The number of aromatic nitrogens is 2. The van der Waals surface area contributed by atoms with Gasteiger partial charge in [0.05, 0.1) is 11.8 Å². The number of benzene rings is 2. The molecule has 34 heavy (non-hydrogen) atoms. The predicted octanol–water partition coefficient (Wildman–Crippen LogP) is 3.33. The van der Waals surface area contributed by atoms with Crippen LogP contribution in [-0.4, -0.2) is 33.7 Å². The number of nitrogens with zero attached hydrogens (tertiary/aromatic N) is 2. The Hall–Kier alpha value is -4.02. The minimum atomic E-state index is -0.207. The maximum Gasteiger partial charge on any atom is 0.296 e. The van der Waals surface area contributed by atoms with Crippen molar-refractivity contribution in [3.8, 4) is 23.3 Å². The van der Waals surface area contributed by atoms with Crippen LogP contribution in [0.3, 0.4) is 0 Å². The minimum absolute atomic E-state index is 0.165. The number of hydrogen-bond acceptors (Lipinski definition) is 5. The Morgan fingerprint density at radius 2 is 1.76 bits per heavy atom. The average molecular weight is 455 g/mol. The number of nitrogens with two attached hydrogens (primary N) is 1. The summed E-state index contributed by atoms with van der Waals surface area (Å²) in [4.78, 5) is 20.3. The molecule has 0 saturated heterocycles. The normalized spacial score (nSPS) is 17.2. The molecule has 0 atom stereocenters. The molecular formula is C27H28N5O2+. The highest BCUT2D eigenvalue weighted by atomic mass is 16.5. The molecule has 3 aromatic rings. The van der Waals surface area contributed by atoms with Crippen molar-refractivity contribution < 1.29 is 14.8 Å². The number of carbonyl (C=O) groups is 1. The van der Waals surface area contributed by atoms with Crippen molar-refractivity contribution in [1.82, 2.24) is 15.3 Å². The van der Waals surface area contributed by atoms with Gasteiger partial charge in [0.1, 0.15) is 23.4 Å². The summed E-state index contributed by atoms with van der Waals surface area (Å²) < 4.78 is 5.85. The largest absolute Gasteiger partial charge is 0.457 e. The van der Waals surface area contributed by atoms with Gasteiger partial charge in [0.2, 0.25) is 5.82 Å². The first kappa shape index (κ1) is 23.1. The maximum atomic E-state index is 11.7. The lowest BCUT2D eigenvalue weighted by Crippen LogP contribution is -2.86. The fraction of sp³-hybridized carbons (Fsp3) is 0.259. The summed E-state index contributed by atoms with van der Waals surface area (Å²) in [5.41, 5.74) is 1.85. The van der Waals surface area contributed by atoms with Crippen LogP contribution in [0.25, 0.3) is 0 Å². The molecule has 4 rings (SSSR count). The molecule has 1 saturated carbocycles. The van der Waals surface area contributed by atoms with Crippen molar-refractivity contribution in [2.75, 3.05) is 0 Å². The van der Waals surface area contributed by atoms with Crippen LogP contribution in [0.4, 0.5) is 5.82 Å². The summed E-state index contributed by atoms with van der Waals surface area (Å²) >= 11 is 0. The molecule has 0 unspecified atom stereocenters. The Kier molecular flexibility index (Phi) is 7.63. The second-order valence-electron chi connectivity index (χ2n) is 8.26. The number of hydrogen-bond donors (Lipinski definition) is 3. The molecule has 0 aliphatic heterocycles. The van der Waals surface area contributed by atoms with Crippen molar-refractivity contribution in [3.63, 3.8) is 0 Å². The van der Waals surface area contributed by atoms with Gasteiger partial charge in [0.25, 0.3) is 5.91 Å². The summed E-state index contributed by atoms with van der Waals surface area (Å²) in [7, 11) is 0. The predicted molar refractivity (Wildman–Crippen MR) is 130 cm³/mol. The molecule has 7 heteroatoms. The van der Waals surface area contributed by atoms with Crippen molar-refractivity contribution in [2.45, 2.75) is 44.7 Å². The molecule has 7 nitrogen and oxygen atoms in total. The van der Waals surface area contributed by atoms with E-state index in [0.29, 0.717) is 23.1 Å². The highest BCUT2D eigenvalue weighted by Crippen LogP contribution is 2.23. The lowest BCUT2D eigenvalue weighted by molar-refractivity contribution is -0.617. The first-order valence-electron chi connectivity index (χ1n) is 11.4. The fourth-order valence-corrected chi connectivity index (χ4v) is 4.12. The number of rotatable bonds is 7. The SMILES string of the molecule is CC#CC(=O)NC1CCC([NH2+]c2ncncc2C(=N)c2ccc(Oc3ccccc3)cc2)CC1. The monoisotopic (exact) mass is 454 g/mol. The summed E-state index contributed by atoms with van der Waals surface area (Å²) in [5.74, 6) is 7.22. The molecule has 172 valence electrons. The Morgan fingerprint density at radius 3 is 2.47 bits per heavy atom. The van der Waals surface area contributed by atoms with E-state index < -0.39 is 0 Å². The van der Waals surface area contributed by atoms with Crippen LogP contribution in [0.2, 0.25) is 0 Å². The smallest absolute Gasteiger partial charge is 0.296 e. The van der Waals surface area contributed by atoms with Crippen LogP contribution in [0.5, 0.6) is 11.5 Å². The Balaban J connectivity index is 1.39. The van der Waals surface area contributed by atoms with E-state index in [1.807, 2.05) is 54.6 Å². The van der Waals surface area contributed by atoms with E-state index in [0.717, 1.165) is 42.8 Å². The van der Waals surface area contributed by atoms with Crippen LogP contribution in [-0.2, 0) is 4.79 Å². The highest BCUT2D eigenvalue weighted by molar-refractivity contribution is 6.12. The van der Waals surface area contributed by atoms with Gasteiger partial charge in [-0.1, -0.05) is 24.1 Å². The summed E-state index contributed by atoms with van der Waals surface area (Å²) in [6.45, 7) is 1.66. The Labute approximate surface area is 199 Å². The number of ether oxygens (including phenoxy) is 1. The van der Waals surface area contributed by atoms with Gasteiger partial charge in [-0.25, -0.2) is 4.98 Å². The zero-order valence-corrected chi connectivity index (χ0v) is 19.1. The van der Waals surface area contributed by atoms with Crippen LogP contribution in [0.1, 0.15) is 43.7 Å². The van der Waals surface area contributed by atoms with E-state index in [2.05, 4.69) is 32.4 Å². The van der Waals surface area contributed by atoms with Gasteiger partial charge in [-0.2, -0.15) is 4.98 Å². The molecule has 1 aromatic heterocycles. The van der Waals surface area contributed by atoms with Gasteiger partial charge >= 0.3 is 0 Å². The molecule has 1 fully saturated rings. The van der Waals surface area contributed by atoms with Gasteiger partial charge in [-0.05, 0) is 62.1 Å². The molecule has 1 aliphatic rings. The molecule has 0 radical (unpaired) electrons. The van der Waals surface area contributed by atoms with E-state index in [9.17, 15) is 4.79 Å². The van der Waals surface area contributed by atoms with Crippen LogP contribution < -0.4 is 15.4 Å². The molecule has 4 N–H and O–H groups in total. The third-order valence-electron chi connectivity index (χ3n) is 5.87. The van der Waals surface area contributed by atoms with Gasteiger partial charge in [-0.3, -0.25) is 15.5 Å². The third kappa shape index (κ3) is 6.06. The van der Waals surface area contributed by atoms with Gasteiger partial charge in [0.15, 0.2) is 0 Å². The molecule has 1 amide bonds. The van der Waals surface area contributed by atoms with Crippen molar-refractivity contribution >= 4 is 17.4 Å². The number of carbonyl (C=O) groups excluding carboxylic acids is 1. The number of amides is 1. The second kappa shape index (κ2) is 11.2. The van der Waals surface area contributed by atoms with Crippen molar-refractivity contribution in [3.05, 3.63) is 78.2 Å². The zero-order valence-electron chi connectivity index (χ0n) is 19.1. The van der Waals surface area contributed by atoms with Crippen LogP contribution >= 0.6 is 0 Å². The van der Waals surface area contributed by atoms with Crippen LogP contribution in [0.15, 0.2) is 67.1 Å². The van der Waals surface area contributed by atoms with Crippen molar-refractivity contribution in [1.29, 1.82) is 5.41 Å². The quantitative estimate of drug-likeness (QED) is 0.376. The molecule has 1 heterocycles. The Morgan fingerprint density at radius 1 is 1.06 bits per heavy atom. The zero-order chi connectivity index (χ0) is 23.8. The van der Waals surface area contributed by atoms with E-state index in [-0.39, 0.29) is 11.9 Å². The number of quaternary nitrogens is 1. The number of para-hydroxylation sites is 1. The van der Waals surface area contributed by atoms with Crippen LogP contribution in [0, 0.1) is 17.3 Å². The lowest BCUT2D eigenvalue weighted by Gasteiger charge is -2.27. The third-order valence-corrected chi connectivity index (χ3v) is 5.87. The molecule has 0 bridgehead atoms. The van der Waals surface area contributed by atoms with E-state index in [1.165, 1.54) is 6.33 Å². The summed E-state index contributed by atoms with van der Waals surface area (Å²) in [6.07, 6.45) is 6.93. The van der Waals surface area contributed by atoms with Gasteiger partial charge in [-0.15, -0.1) is 0 Å². The molecule has 0 spiro atoms. The second-order valence-corrected chi connectivity index (χ2v) is 8.26. The first-order valence-corrected chi connectivity index (χ1v) is 11.4. The minimum Gasteiger partial charge on any atom is -0.457 e. The number of nitrogens with one attached hydrogen (secondary N) is 2. The maximum absolute atomic E-state index is 11.7. The first-order chi connectivity index (χ1) is 16.6. The average Bonchev–Trinajstić information content (AvgIpc) is 2.86. The van der Waals surface area contributed by atoms with E-state index in [4.69, 9.17) is 10.1 Å². The van der Waals surface area contributed by atoms with Gasteiger partial charge in [0, 0.05) is 30.6 Å². The Bertz CT molecular complexity index is 1190. The van der Waals surface area contributed by atoms with Crippen molar-refractivity contribution in [2.24, 2.45) is 0 Å². The topological polar surface area (TPSA) is 105 Å².